The van der Waals surface area contributed by atoms with E-state index in [2.05, 4.69) is 23.8 Å². The van der Waals surface area contributed by atoms with Crippen LogP contribution in [0, 0.1) is 0 Å². The Kier molecular flexibility index (Phi) is 3.94. The van der Waals surface area contributed by atoms with E-state index in [4.69, 9.17) is 10.5 Å². The molecule has 4 nitrogen and oxygen atoms in total. The molecule has 17 heavy (non-hydrogen) atoms. The molecular formula is C13H21N3O. The summed E-state index contributed by atoms with van der Waals surface area (Å²) in [6, 6.07) is 1.86. The predicted molar refractivity (Wildman–Crippen MR) is 67.8 cm³/mol. The normalized spacial score (nSPS) is 20.8. The number of nitrogen functional groups attached to an aromatic ring is 1. The van der Waals surface area contributed by atoms with Crippen LogP contribution < -0.4 is 5.73 Å². The third-order valence-electron chi connectivity index (χ3n) is 3.09. The molecule has 1 aliphatic heterocycles. The number of nitrogens with zero attached hydrogens (tertiary/aromatic N) is 2. The topological polar surface area (TPSA) is 61.0 Å². The van der Waals surface area contributed by atoms with E-state index in [1.807, 2.05) is 6.07 Å². The van der Waals surface area contributed by atoms with Crippen LogP contribution in [0.25, 0.3) is 0 Å². The lowest BCUT2D eigenvalue weighted by molar-refractivity contribution is 0.0156. The van der Waals surface area contributed by atoms with Gasteiger partial charge in [0.05, 0.1) is 6.10 Å². The second-order valence-corrected chi connectivity index (χ2v) is 4.98. The van der Waals surface area contributed by atoms with Crippen LogP contribution in [-0.2, 0) is 11.2 Å². The zero-order chi connectivity index (χ0) is 12.3. The Morgan fingerprint density at radius 3 is 2.88 bits per heavy atom. The second-order valence-electron chi connectivity index (χ2n) is 4.98. The zero-order valence-electron chi connectivity index (χ0n) is 10.6. The summed E-state index contributed by atoms with van der Waals surface area (Å²) < 4.78 is 5.70. The summed E-state index contributed by atoms with van der Waals surface area (Å²) in [5.41, 5.74) is 6.83. The number of ether oxygens (including phenoxy) is 1. The fourth-order valence-corrected chi connectivity index (χ4v) is 2.10. The molecule has 1 saturated heterocycles. The molecule has 0 aliphatic carbocycles. The fraction of sp³-hybridized carbons (Fsp3) is 0.692. The Morgan fingerprint density at radius 2 is 2.24 bits per heavy atom. The van der Waals surface area contributed by atoms with Gasteiger partial charge >= 0.3 is 0 Å². The van der Waals surface area contributed by atoms with Crippen molar-refractivity contribution < 1.29 is 4.74 Å². The molecule has 0 amide bonds. The number of hydrogen-bond donors (Lipinski definition) is 1. The van der Waals surface area contributed by atoms with E-state index in [-0.39, 0.29) is 6.10 Å². The van der Waals surface area contributed by atoms with Crippen molar-refractivity contribution in [1.29, 1.82) is 0 Å². The maximum Gasteiger partial charge on any atom is 0.133 e. The van der Waals surface area contributed by atoms with E-state index in [1.165, 1.54) is 12.8 Å². The number of hydrogen-bond acceptors (Lipinski definition) is 4. The maximum absolute atomic E-state index is 5.81. The summed E-state index contributed by atoms with van der Waals surface area (Å²) in [6.07, 6.45) is 4.57. The summed E-state index contributed by atoms with van der Waals surface area (Å²) in [7, 11) is 0. The molecule has 2 N–H and O–H groups in total. The molecule has 1 aromatic heterocycles. The van der Waals surface area contributed by atoms with Crippen molar-refractivity contribution in [1.82, 2.24) is 9.97 Å². The minimum absolute atomic E-state index is 0.269. The van der Waals surface area contributed by atoms with Gasteiger partial charge in [0, 0.05) is 24.8 Å². The Bertz CT molecular complexity index is 373. The van der Waals surface area contributed by atoms with E-state index >= 15 is 0 Å². The Hall–Kier alpha value is -1.16. The molecule has 1 fully saturated rings. The van der Waals surface area contributed by atoms with Gasteiger partial charge in [0.15, 0.2) is 0 Å². The van der Waals surface area contributed by atoms with E-state index in [0.717, 1.165) is 31.0 Å². The van der Waals surface area contributed by atoms with E-state index < -0.39 is 0 Å². The summed E-state index contributed by atoms with van der Waals surface area (Å²) in [5.74, 6) is 1.77. The molecule has 0 bridgehead atoms. The highest BCUT2D eigenvalue weighted by atomic mass is 16.5. The average Bonchev–Trinajstić information content (AvgIpc) is 2.29. The highest BCUT2D eigenvalue weighted by Gasteiger charge is 2.16. The van der Waals surface area contributed by atoms with Gasteiger partial charge in [-0.1, -0.05) is 13.8 Å². The van der Waals surface area contributed by atoms with Crippen LogP contribution in [0.5, 0.6) is 0 Å². The van der Waals surface area contributed by atoms with Crippen molar-refractivity contribution >= 4 is 5.82 Å². The number of nitrogens with two attached hydrogens (primary N) is 1. The SMILES string of the molecule is CC(C)c1cc(N)nc(CC2CCCCO2)n1. The van der Waals surface area contributed by atoms with Gasteiger partial charge in [0.1, 0.15) is 11.6 Å². The van der Waals surface area contributed by atoms with Gasteiger partial charge in [-0.3, -0.25) is 0 Å². The van der Waals surface area contributed by atoms with Crippen LogP contribution in [0.1, 0.15) is 50.5 Å². The number of rotatable bonds is 3. The Morgan fingerprint density at radius 1 is 1.41 bits per heavy atom. The van der Waals surface area contributed by atoms with Crippen molar-refractivity contribution in [2.75, 3.05) is 12.3 Å². The predicted octanol–water partition coefficient (Wildman–Crippen LogP) is 2.29. The summed E-state index contributed by atoms with van der Waals surface area (Å²) in [4.78, 5) is 8.85. The van der Waals surface area contributed by atoms with Crippen LogP contribution in [0.15, 0.2) is 6.07 Å². The molecule has 1 aliphatic rings. The van der Waals surface area contributed by atoms with Gasteiger partial charge in [-0.05, 0) is 25.2 Å². The summed E-state index contributed by atoms with van der Waals surface area (Å²) in [6.45, 7) is 5.09. The lowest BCUT2D eigenvalue weighted by Gasteiger charge is -2.22. The second kappa shape index (κ2) is 5.45. The zero-order valence-corrected chi connectivity index (χ0v) is 10.6. The lowest BCUT2D eigenvalue weighted by Crippen LogP contribution is -2.23. The number of aromatic nitrogens is 2. The molecule has 2 heterocycles. The summed E-state index contributed by atoms with van der Waals surface area (Å²) >= 11 is 0. The molecule has 1 aromatic rings. The Balaban J connectivity index is 2.09. The third kappa shape index (κ3) is 3.40. The largest absolute Gasteiger partial charge is 0.384 e. The van der Waals surface area contributed by atoms with Crippen LogP contribution in [0.2, 0.25) is 0 Å². The van der Waals surface area contributed by atoms with Gasteiger partial charge in [-0.15, -0.1) is 0 Å². The molecule has 0 saturated carbocycles. The first-order valence-corrected chi connectivity index (χ1v) is 6.40. The number of anilines is 1. The van der Waals surface area contributed by atoms with Crippen LogP contribution in [0.4, 0.5) is 5.82 Å². The summed E-state index contributed by atoms with van der Waals surface area (Å²) in [5, 5.41) is 0. The molecule has 0 aromatic carbocycles. The van der Waals surface area contributed by atoms with Crippen LogP contribution in [-0.4, -0.2) is 22.7 Å². The lowest BCUT2D eigenvalue weighted by atomic mass is 10.1. The highest BCUT2D eigenvalue weighted by molar-refractivity contribution is 5.31. The van der Waals surface area contributed by atoms with E-state index in [9.17, 15) is 0 Å². The van der Waals surface area contributed by atoms with Crippen molar-refractivity contribution in [3.63, 3.8) is 0 Å². The van der Waals surface area contributed by atoms with Gasteiger partial charge in [-0.2, -0.15) is 0 Å². The molecule has 1 atom stereocenters. The first-order chi connectivity index (χ1) is 8.15. The van der Waals surface area contributed by atoms with Crippen LogP contribution >= 0.6 is 0 Å². The maximum atomic E-state index is 5.81. The van der Waals surface area contributed by atoms with E-state index in [1.54, 1.807) is 0 Å². The van der Waals surface area contributed by atoms with Gasteiger partial charge in [0.25, 0.3) is 0 Å². The highest BCUT2D eigenvalue weighted by Crippen LogP contribution is 2.18. The molecule has 94 valence electrons. The smallest absolute Gasteiger partial charge is 0.133 e. The van der Waals surface area contributed by atoms with Crippen molar-refractivity contribution in [3.05, 3.63) is 17.6 Å². The van der Waals surface area contributed by atoms with Crippen molar-refractivity contribution in [2.45, 2.75) is 51.6 Å². The monoisotopic (exact) mass is 235 g/mol. The van der Waals surface area contributed by atoms with Gasteiger partial charge in [-0.25, -0.2) is 9.97 Å². The van der Waals surface area contributed by atoms with Gasteiger partial charge < -0.3 is 10.5 Å². The molecule has 0 radical (unpaired) electrons. The quantitative estimate of drug-likeness (QED) is 0.873. The molecule has 2 rings (SSSR count). The van der Waals surface area contributed by atoms with Crippen molar-refractivity contribution in [3.8, 4) is 0 Å². The van der Waals surface area contributed by atoms with E-state index in [0.29, 0.717) is 11.7 Å². The van der Waals surface area contributed by atoms with Crippen molar-refractivity contribution in [2.24, 2.45) is 0 Å². The molecule has 0 spiro atoms. The first kappa shape index (κ1) is 12.3. The van der Waals surface area contributed by atoms with Crippen LogP contribution in [0.3, 0.4) is 0 Å². The average molecular weight is 235 g/mol. The first-order valence-electron chi connectivity index (χ1n) is 6.40. The van der Waals surface area contributed by atoms with Gasteiger partial charge in [0.2, 0.25) is 0 Å². The molecule has 1 unspecified atom stereocenters. The Labute approximate surface area is 103 Å². The minimum atomic E-state index is 0.269. The molecule has 4 heteroatoms. The fourth-order valence-electron chi connectivity index (χ4n) is 2.10. The molecular weight excluding hydrogens is 214 g/mol. The standard InChI is InChI=1S/C13H21N3O/c1-9(2)11-8-12(14)16-13(15-11)7-10-5-3-4-6-17-10/h8-10H,3-7H2,1-2H3,(H2,14,15,16). The minimum Gasteiger partial charge on any atom is -0.384 e. The third-order valence-corrected chi connectivity index (χ3v) is 3.09.